The van der Waals surface area contributed by atoms with E-state index in [-0.39, 0.29) is 11.7 Å². The number of ketones is 1. The lowest BCUT2D eigenvalue weighted by Gasteiger charge is -2.33. The minimum absolute atomic E-state index is 0.127. The first-order valence-electron chi connectivity index (χ1n) is 12.1. The van der Waals surface area contributed by atoms with Gasteiger partial charge in [-0.3, -0.25) is 19.4 Å². The summed E-state index contributed by atoms with van der Waals surface area (Å²) < 4.78 is 2.26. The molecule has 2 fully saturated rings. The topological polar surface area (TPSA) is 57.6 Å². The molecule has 33 heavy (non-hydrogen) atoms. The van der Waals surface area contributed by atoms with Gasteiger partial charge in [0.25, 0.3) is 0 Å². The van der Waals surface area contributed by atoms with Gasteiger partial charge < -0.3 is 9.88 Å². The third kappa shape index (κ3) is 4.72. The Morgan fingerprint density at radius 3 is 2.18 bits per heavy atom. The van der Waals surface area contributed by atoms with E-state index < -0.39 is 0 Å². The Labute approximate surface area is 195 Å². The van der Waals surface area contributed by atoms with Crippen LogP contribution in [0.25, 0.3) is 22.2 Å². The van der Waals surface area contributed by atoms with Crippen molar-refractivity contribution in [1.29, 1.82) is 0 Å². The van der Waals surface area contributed by atoms with Gasteiger partial charge in [0.15, 0.2) is 5.78 Å². The highest BCUT2D eigenvalue weighted by molar-refractivity contribution is 6.14. The summed E-state index contributed by atoms with van der Waals surface area (Å²) in [5, 5.41) is 4.09. The summed E-state index contributed by atoms with van der Waals surface area (Å²) >= 11 is 0. The van der Waals surface area contributed by atoms with E-state index in [9.17, 15) is 9.59 Å². The molecule has 1 aliphatic carbocycles. The first-order chi connectivity index (χ1) is 16.1. The SMILES string of the molecule is CCn1c(-c2ccccc2)c(C(=O)CN2CCN(CC(=O)NC3CC3)CC2)c2ccccc21. The molecule has 1 saturated carbocycles. The monoisotopic (exact) mass is 444 g/mol. The zero-order valence-electron chi connectivity index (χ0n) is 19.3. The maximum absolute atomic E-state index is 13.7. The third-order valence-corrected chi connectivity index (χ3v) is 6.75. The van der Waals surface area contributed by atoms with Gasteiger partial charge in [0.05, 0.1) is 24.3 Å². The molecule has 0 spiro atoms. The van der Waals surface area contributed by atoms with Gasteiger partial charge in [0.1, 0.15) is 0 Å². The van der Waals surface area contributed by atoms with Crippen LogP contribution in [0, 0.1) is 0 Å². The van der Waals surface area contributed by atoms with E-state index in [1.807, 2.05) is 30.3 Å². The second-order valence-electron chi connectivity index (χ2n) is 9.17. The van der Waals surface area contributed by atoms with E-state index in [0.717, 1.165) is 73.3 Å². The number of amides is 1. The Morgan fingerprint density at radius 2 is 1.52 bits per heavy atom. The van der Waals surface area contributed by atoms with Crippen molar-refractivity contribution in [1.82, 2.24) is 19.7 Å². The molecule has 0 bridgehead atoms. The molecule has 2 aliphatic rings. The number of nitrogens with one attached hydrogen (secondary N) is 1. The van der Waals surface area contributed by atoms with Crippen LogP contribution in [0.5, 0.6) is 0 Å². The minimum Gasteiger partial charge on any atom is -0.352 e. The van der Waals surface area contributed by atoms with Crippen LogP contribution in [-0.2, 0) is 11.3 Å². The van der Waals surface area contributed by atoms with Crippen molar-refractivity contribution in [3.05, 3.63) is 60.2 Å². The summed E-state index contributed by atoms with van der Waals surface area (Å²) in [6.45, 7) is 7.03. The third-order valence-electron chi connectivity index (χ3n) is 6.75. The summed E-state index contributed by atoms with van der Waals surface area (Å²) in [7, 11) is 0. The van der Waals surface area contributed by atoms with Gasteiger partial charge in [0.2, 0.25) is 5.91 Å². The molecular formula is C27H32N4O2. The van der Waals surface area contributed by atoms with E-state index in [1.165, 1.54) is 0 Å². The number of carbonyl (C=O) groups excluding carboxylic acids is 2. The molecule has 1 saturated heterocycles. The predicted molar refractivity (Wildman–Crippen MR) is 131 cm³/mol. The van der Waals surface area contributed by atoms with Crippen LogP contribution in [0.15, 0.2) is 54.6 Å². The van der Waals surface area contributed by atoms with Gasteiger partial charge in [-0.2, -0.15) is 0 Å². The molecule has 6 nitrogen and oxygen atoms in total. The summed E-state index contributed by atoms with van der Waals surface area (Å²) in [5.41, 5.74) is 4.02. The minimum atomic E-state index is 0.127. The van der Waals surface area contributed by atoms with Crippen molar-refractivity contribution < 1.29 is 9.59 Å². The average molecular weight is 445 g/mol. The number of hydrogen-bond donors (Lipinski definition) is 1. The Kier molecular flexibility index (Phi) is 6.29. The van der Waals surface area contributed by atoms with Gasteiger partial charge in [-0.25, -0.2) is 0 Å². The van der Waals surface area contributed by atoms with Gasteiger partial charge in [-0.05, 0) is 31.4 Å². The Balaban J connectivity index is 1.33. The fourth-order valence-electron chi connectivity index (χ4n) is 4.90. The molecular weight excluding hydrogens is 412 g/mol. The number of fused-ring (bicyclic) bond motifs is 1. The molecule has 2 aromatic carbocycles. The molecule has 5 rings (SSSR count). The molecule has 1 aromatic heterocycles. The van der Waals surface area contributed by atoms with Crippen LogP contribution in [0.1, 0.15) is 30.1 Å². The molecule has 172 valence electrons. The van der Waals surface area contributed by atoms with E-state index >= 15 is 0 Å². The molecule has 1 amide bonds. The number of hydrogen-bond acceptors (Lipinski definition) is 4. The summed E-state index contributed by atoms with van der Waals surface area (Å²) in [5.74, 6) is 0.291. The van der Waals surface area contributed by atoms with Crippen molar-refractivity contribution in [3.8, 4) is 11.3 Å². The van der Waals surface area contributed by atoms with Crippen LogP contribution in [0.2, 0.25) is 0 Å². The number of aromatic nitrogens is 1. The maximum Gasteiger partial charge on any atom is 0.234 e. The molecule has 3 aromatic rings. The first-order valence-corrected chi connectivity index (χ1v) is 12.1. The molecule has 1 N–H and O–H groups in total. The standard InChI is InChI=1S/C27H32N4O2/c1-2-31-23-11-7-6-10-22(23)26(27(31)20-8-4-3-5-9-20)24(32)18-29-14-16-30(17-15-29)19-25(33)28-21-12-13-21/h3-11,21H,2,12-19H2,1H3,(H,28,33). The van der Waals surface area contributed by atoms with Crippen LogP contribution in [0.3, 0.4) is 0 Å². The number of carbonyl (C=O) groups is 2. The van der Waals surface area contributed by atoms with Gasteiger partial charge in [-0.15, -0.1) is 0 Å². The van der Waals surface area contributed by atoms with Crippen molar-refractivity contribution in [2.24, 2.45) is 0 Å². The van der Waals surface area contributed by atoms with Crippen molar-refractivity contribution in [2.75, 3.05) is 39.3 Å². The van der Waals surface area contributed by atoms with Crippen LogP contribution in [-0.4, -0.2) is 71.4 Å². The highest BCUT2D eigenvalue weighted by Crippen LogP contribution is 2.34. The Bertz CT molecular complexity index is 1140. The number of nitrogens with zero attached hydrogens (tertiary/aromatic N) is 3. The van der Waals surface area contributed by atoms with Crippen LogP contribution < -0.4 is 5.32 Å². The van der Waals surface area contributed by atoms with Crippen molar-refractivity contribution in [2.45, 2.75) is 32.4 Å². The molecule has 0 unspecified atom stereocenters. The van der Waals surface area contributed by atoms with Gasteiger partial charge in [-0.1, -0.05) is 48.5 Å². The molecule has 0 radical (unpaired) electrons. The number of aryl methyl sites for hydroxylation is 1. The van der Waals surface area contributed by atoms with E-state index in [0.29, 0.717) is 19.1 Å². The summed E-state index contributed by atoms with van der Waals surface area (Å²) in [4.78, 5) is 30.2. The smallest absolute Gasteiger partial charge is 0.234 e. The van der Waals surface area contributed by atoms with E-state index in [1.54, 1.807) is 0 Å². The van der Waals surface area contributed by atoms with Crippen LogP contribution in [0.4, 0.5) is 0 Å². The van der Waals surface area contributed by atoms with Crippen LogP contribution >= 0.6 is 0 Å². The number of piperazine rings is 1. The number of benzene rings is 2. The highest BCUT2D eigenvalue weighted by atomic mass is 16.2. The highest BCUT2D eigenvalue weighted by Gasteiger charge is 2.28. The van der Waals surface area contributed by atoms with Crippen molar-refractivity contribution >= 4 is 22.6 Å². The lowest BCUT2D eigenvalue weighted by atomic mass is 10.0. The predicted octanol–water partition coefficient (Wildman–Crippen LogP) is 3.41. The zero-order valence-corrected chi connectivity index (χ0v) is 19.3. The quantitative estimate of drug-likeness (QED) is 0.541. The van der Waals surface area contributed by atoms with Gasteiger partial charge in [0, 0.05) is 49.7 Å². The lowest BCUT2D eigenvalue weighted by Crippen LogP contribution is -2.50. The second kappa shape index (κ2) is 9.49. The molecule has 0 atom stereocenters. The first kappa shape index (κ1) is 21.9. The summed E-state index contributed by atoms with van der Waals surface area (Å²) in [6, 6.07) is 18.9. The average Bonchev–Trinajstić information content (AvgIpc) is 3.58. The largest absolute Gasteiger partial charge is 0.352 e. The maximum atomic E-state index is 13.7. The Morgan fingerprint density at radius 1 is 0.879 bits per heavy atom. The fourth-order valence-corrected chi connectivity index (χ4v) is 4.90. The zero-order chi connectivity index (χ0) is 22.8. The summed E-state index contributed by atoms with van der Waals surface area (Å²) in [6.07, 6.45) is 2.22. The molecule has 2 heterocycles. The van der Waals surface area contributed by atoms with Gasteiger partial charge >= 0.3 is 0 Å². The number of Topliss-reactive ketones (excluding diaryl/α,β-unsaturated/α-hetero) is 1. The molecule has 6 heteroatoms. The van der Waals surface area contributed by atoms with E-state index in [4.69, 9.17) is 0 Å². The normalized spacial score (nSPS) is 17.4. The number of rotatable bonds is 8. The van der Waals surface area contributed by atoms with Crippen molar-refractivity contribution in [3.63, 3.8) is 0 Å². The number of para-hydroxylation sites is 1. The fraction of sp³-hybridized carbons (Fsp3) is 0.407. The molecule has 1 aliphatic heterocycles. The second-order valence-corrected chi connectivity index (χ2v) is 9.17. The van der Waals surface area contributed by atoms with E-state index in [2.05, 4.69) is 50.9 Å². The lowest BCUT2D eigenvalue weighted by molar-refractivity contribution is -0.122. The Hall–Kier alpha value is -2.96.